The highest BCUT2D eigenvalue weighted by molar-refractivity contribution is 6.20. The molecule has 100 valence electrons. The van der Waals surface area contributed by atoms with Crippen molar-refractivity contribution in [2.75, 3.05) is 0 Å². The number of benzene rings is 2. The smallest absolute Gasteiger partial charge is 0.126 e. The number of hydrogen-bond donors (Lipinski definition) is 0. The summed E-state index contributed by atoms with van der Waals surface area (Å²) in [6, 6.07) is 17.2. The Bertz CT molecular complexity index is 496. The van der Waals surface area contributed by atoms with Gasteiger partial charge < -0.3 is 0 Å². The average Bonchev–Trinajstić information content (AvgIpc) is 2.43. The average molecular weight is 277 g/mol. The first-order chi connectivity index (χ1) is 9.25. The minimum atomic E-state index is -0.156. The molecule has 0 aliphatic carbocycles. The minimum Gasteiger partial charge on any atom is -0.207 e. The molecule has 0 saturated heterocycles. The summed E-state index contributed by atoms with van der Waals surface area (Å²) in [5.41, 5.74) is 2.04. The Labute approximate surface area is 119 Å². The zero-order chi connectivity index (χ0) is 13.5. The summed E-state index contributed by atoms with van der Waals surface area (Å²) in [4.78, 5) is 0. The van der Waals surface area contributed by atoms with E-state index in [1.165, 1.54) is 11.6 Å². The highest BCUT2D eigenvalue weighted by Crippen LogP contribution is 2.17. The molecule has 0 aliphatic rings. The van der Waals surface area contributed by atoms with Crippen LogP contribution in [0.25, 0.3) is 0 Å². The summed E-state index contributed by atoms with van der Waals surface area (Å²) < 4.78 is 13.5. The lowest BCUT2D eigenvalue weighted by Gasteiger charge is -2.10. The molecule has 0 aromatic heterocycles. The topological polar surface area (TPSA) is 0 Å². The molecule has 0 amide bonds. The van der Waals surface area contributed by atoms with E-state index in [0.29, 0.717) is 12.0 Å². The second-order valence-corrected chi connectivity index (χ2v) is 5.39. The van der Waals surface area contributed by atoms with E-state index in [1.807, 2.05) is 30.3 Å². The van der Waals surface area contributed by atoms with E-state index in [1.54, 1.807) is 6.07 Å². The van der Waals surface area contributed by atoms with Gasteiger partial charge in [0.1, 0.15) is 5.82 Å². The molecule has 2 rings (SSSR count). The van der Waals surface area contributed by atoms with Crippen LogP contribution in [-0.4, -0.2) is 5.38 Å². The number of alkyl halides is 1. The van der Waals surface area contributed by atoms with E-state index in [9.17, 15) is 4.39 Å². The third-order valence-corrected chi connectivity index (χ3v) is 3.60. The molecule has 0 saturated carbocycles. The van der Waals surface area contributed by atoms with E-state index < -0.39 is 0 Å². The van der Waals surface area contributed by atoms with Crippen LogP contribution in [0.2, 0.25) is 0 Å². The Hall–Kier alpha value is -1.34. The van der Waals surface area contributed by atoms with Gasteiger partial charge in [0.05, 0.1) is 0 Å². The van der Waals surface area contributed by atoms with Crippen molar-refractivity contribution in [2.45, 2.75) is 31.1 Å². The summed E-state index contributed by atoms with van der Waals surface area (Å²) >= 11 is 6.29. The van der Waals surface area contributed by atoms with Gasteiger partial charge in [0.15, 0.2) is 0 Å². The molecule has 2 aromatic carbocycles. The van der Waals surface area contributed by atoms with E-state index in [0.717, 1.165) is 19.3 Å². The van der Waals surface area contributed by atoms with Crippen molar-refractivity contribution in [3.63, 3.8) is 0 Å². The minimum absolute atomic E-state index is 0.000567. The van der Waals surface area contributed by atoms with Crippen molar-refractivity contribution in [2.24, 2.45) is 0 Å². The molecule has 0 spiro atoms. The van der Waals surface area contributed by atoms with Gasteiger partial charge in [-0.05, 0) is 42.9 Å². The van der Waals surface area contributed by atoms with Gasteiger partial charge in [0.2, 0.25) is 0 Å². The molecule has 0 aliphatic heterocycles. The number of halogens is 2. The Balaban J connectivity index is 1.76. The highest BCUT2D eigenvalue weighted by atomic mass is 35.5. The molecule has 0 heterocycles. The zero-order valence-corrected chi connectivity index (χ0v) is 11.6. The third-order valence-electron chi connectivity index (χ3n) is 3.22. The first-order valence-electron chi connectivity index (χ1n) is 6.67. The Kier molecular flexibility index (Phi) is 5.41. The van der Waals surface area contributed by atoms with Gasteiger partial charge in [0, 0.05) is 5.38 Å². The maximum Gasteiger partial charge on any atom is 0.126 e. The van der Waals surface area contributed by atoms with Crippen molar-refractivity contribution in [3.05, 3.63) is 71.5 Å². The number of aryl methyl sites for hydroxylation is 1. The Morgan fingerprint density at radius 3 is 2.37 bits per heavy atom. The standard InChI is InChI=1S/C17H18ClF/c18-16(13-15-10-4-5-12-17(15)19)11-6-9-14-7-2-1-3-8-14/h1-5,7-8,10,12,16H,6,9,11,13H2. The van der Waals surface area contributed by atoms with Crippen LogP contribution in [0.3, 0.4) is 0 Å². The lowest BCUT2D eigenvalue weighted by Crippen LogP contribution is -2.05. The summed E-state index contributed by atoms with van der Waals surface area (Å²) in [5.74, 6) is -0.156. The molecule has 0 radical (unpaired) electrons. The van der Waals surface area contributed by atoms with Crippen molar-refractivity contribution in [1.29, 1.82) is 0 Å². The van der Waals surface area contributed by atoms with Crippen LogP contribution in [-0.2, 0) is 12.8 Å². The molecule has 0 fully saturated rings. The van der Waals surface area contributed by atoms with Gasteiger partial charge in [-0.1, -0.05) is 48.5 Å². The van der Waals surface area contributed by atoms with Crippen molar-refractivity contribution < 1.29 is 4.39 Å². The summed E-state index contributed by atoms with van der Waals surface area (Å²) in [6.07, 6.45) is 3.57. The predicted octanol–water partition coefficient (Wildman–Crippen LogP) is 5.00. The van der Waals surface area contributed by atoms with Gasteiger partial charge in [-0.3, -0.25) is 0 Å². The fourth-order valence-corrected chi connectivity index (χ4v) is 2.50. The van der Waals surface area contributed by atoms with Crippen LogP contribution in [0.1, 0.15) is 24.0 Å². The summed E-state index contributed by atoms with van der Waals surface area (Å²) in [5, 5.41) is 0.000567. The zero-order valence-electron chi connectivity index (χ0n) is 10.9. The van der Waals surface area contributed by atoms with Crippen molar-refractivity contribution in [1.82, 2.24) is 0 Å². The first-order valence-corrected chi connectivity index (χ1v) is 7.11. The van der Waals surface area contributed by atoms with Gasteiger partial charge in [-0.25, -0.2) is 4.39 Å². The van der Waals surface area contributed by atoms with Crippen molar-refractivity contribution >= 4 is 11.6 Å². The van der Waals surface area contributed by atoms with Gasteiger partial charge in [0.25, 0.3) is 0 Å². The molecule has 0 nitrogen and oxygen atoms in total. The second kappa shape index (κ2) is 7.30. The van der Waals surface area contributed by atoms with E-state index in [2.05, 4.69) is 12.1 Å². The van der Waals surface area contributed by atoms with E-state index in [4.69, 9.17) is 11.6 Å². The fraction of sp³-hybridized carbons (Fsp3) is 0.294. The van der Waals surface area contributed by atoms with Crippen LogP contribution in [0.4, 0.5) is 4.39 Å². The van der Waals surface area contributed by atoms with Crippen LogP contribution in [0.5, 0.6) is 0 Å². The van der Waals surface area contributed by atoms with Crippen LogP contribution in [0.15, 0.2) is 54.6 Å². The second-order valence-electron chi connectivity index (χ2n) is 4.77. The largest absolute Gasteiger partial charge is 0.207 e. The van der Waals surface area contributed by atoms with Gasteiger partial charge in [-0.2, -0.15) is 0 Å². The molecule has 0 N–H and O–H groups in total. The fourth-order valence-electron chi connectivity index (χ4n) is 2.18. The van der Waals surface area contributed by atoms with Crippen molar-refractivity contribution in [3.8, 4) is 0 Å². The number of hydrogen-bond acceptors (Lipinski definition) is 0. The lowest BCUT2D eigenvalue weighted by atomic mass is 10.0. The normalized spacial score (nSPS) is 12.3. The first kappa shape index (κ1) is 14.1. The summed E-state index contributed by atoms with van der Waals surface area (Å²) in [6.45, 7) is 0. The Morgan fingerprint density at radius 1 is 0.947 bits per heavy atom. The quantitative estimate of drug-likeness (QED) is 0.652. The molecular weight excluding hydrogens is 259 g/mol. The lowest BCUT2D eigenvalue weighted by molar-refractivity contribution is 0.597. The molecule has 19 heavy (non-hydrogen) atoms. The third kappa shape index (κ3) is 4.68. The molecule has 1 unspecified atom stereocenters. The van der Waals surface area contributed by atoms with Crippen LogP contribution >= 0.6 is 11.6 Å². The molecule has 0 bridgehead atoms. The van der Waals surface area contributed by atoms with Gasteiger partial charge >= 0.3 is 0 Å². The van der Waals surface area contributed by atoms with Crippen LogP contribution in [0, 0.1) is 5.82 Å². The highest BCUT2D eigenvalue weighted by Gasteiger charge is 2.09. The predicted molar refractivity (Wildman–Crippen MR) is 79.1 cm³/mol. The van der Waals surface area contributed by atoms with E-state index >= 15 is 0 Å². The maximum atomic E-state index is 13.5. The molecular formula is C17H18ClF. The maximum absolute atomic E-state index is 13.5. The molecule has 2 heteroatoms. The molecule has 2 aromatic rings. The monoisotopic (exact) mass is 276 g/mol. The molecule has 1 atom stereocenters. The summed E-state index contributed by atoms with van der Waals surface area (Å²) in [7, 11) is 0. The SMILES string of the molecule is Fc1ccccc1CC(Cl)CCCc1ccccc1. The van der Waals surface area contributed by atoms with E-state index in [-0.39, 0.29) is 11.2 Å². The Morgan fingerprint density at radius 2 is 1.63 bits per heavy atom. The van der Waals surface area contributed by atoms with Gasteiger partial charge in [-0.15, -0.1) is 11.6 Å². The van der Waals surface area contributed by atoms with Crippen LogP contribution < -0.4 is 0 Å². The number of rotatable bonds is 6.